The molecule has 1 amide bonds. The molecule has 2 fully saturated rings. The van der Waals surface area contributed by atoms with Crippen molar-refractivity contribution in [1.82, 2.24) is 10.2 Å². The zero-order valence-corrected chi connectivity index (χ0v) is 11.7. The van der Waals surface area contributed by atoms with Crippen molar-refractivity contribution in [2.45, 2.75) is 37.6 Å². The normalized spacial score (nSPS) is 21.9. The lowest BCUT2D eigenvalue weighted by molar-refractivity contribution is -0.123. The average Bonchev–Trinajstić information content (AvgIpc) is 2.99. The SMILES string of the molecule is Cl.Cl.NC1(C(=O)NCCN2CCCCC2)CC1. The number of piperidine rings is 1. The third-order valence-electron chi connectivity index (χ3n) is 3.40. The van der Waals surface area contributed by atoms with Crippen LogP contribution in [0.4, 0.5) is 0 Å². The molecule has 0 atom stereocenters. The molecular formula is C11H23Cl2N3O. The number of rotatable bonds is 4. The molecule has 0 radical (unpaired) electrons. The summed E-state index contributed by atoms with van der Waals surface area (Å²) in [6.07, 6.45) is 5.66. The lowest BCUT2D eigenvalue weighted by Gasteiger charge is -2.26. The molecule has 2 aliphatic rings. The van der Waals surface area contributed by atoms with Crippen molar-refractivity contribution in [2.75, 3.05) is 26.2 Å². The molecule has 2 rings (SSSR count). The predicted molar refractivity (Wildman–Crippen MR) is 73.9 cm³/mol. The van der Waals surface area contributed by atoms with Crippen LogP contribution in [0.1, 0.15) is 32.1 Å². The van der Waals surface area contributed by atoms with E-state index in [-0.39, 0.29) is 30.7 Å². The molecule has 0 aromatic rings. The highest BCUT2D eigenvalue weighted by atomic mass is 35.5. The summed E-state index contributed by atoms with van der Waals surface area (Å²) in [7, 11) is 0. The van der Waals surface area contributed by atoms with Crippen molar-refractivity contribution in [3.05, 3.63) is 0 Å². The highest BCUT2D eigenvalue weighted by Gasteiger charge is 2.45. The first-order chi connectivity index (χ1) is 7.21. The minimum Gasteiger partial charge on any atom is -0.353 e. The summed E-state index contributed by atoms with van der Waals surface area (Å²) in [6.45, 7) is 4.09. The largest absolute Gasteiger partial charge is 0.353 e. The van der Waals surface area contributed by atoms with Crippen molar-refractivity contribution in [3.63, 3.8) is 0 Å². The van der Waals surface area contributed by atoms with Crippen LogP contribution in [-0.2, 0) is 4.79 Å². The van der Waals surface area contributed by atoms with E-state index in [1.165, 1.54) is 32.4 Å². The van der Waals surface area contributed by atoms with Crippen LogP contribution in [-0.4, -0.2) is 42.5 Å². The Morgan fingerprint density at radius 3 is 2.29 bits per heavy atom. The number of nitrogens with zero attached hydrogens (tertiary/aromatic N) is 1. The van der Waals surface area contributed by atoms with Crippen molar-refractivity contribution < 1.29 is 4.79 Å². The second kappa shape index (κ2) is 7.41. The number of halogens is 2. The zero-order valence-electron chi connectivity index (χ0n) is 10.1. The summed E-state index contributed by atoms with van der Waals surface area (Å²) >= 11 is 0. The molecule has 1 aliphatic carbocycles. The van der Waals surface area contributed by atoms with Crippen LogP contribution >= 0.6 is 24.8 Å². The van der Waals surface area contributed by atoms with Gasteiger partial charge in [-0.1, -0.05) is 6.42 Å². The summed E-state index contributed by atoms with van der Waals surface area (Å²) in [6, 6.07) is 0. The van der Waals surface area contributed by atoms with Crippen LogP contribution in [0.15, 0.2) is 0 Å². The number of carbonyl (C=O) groups is 1. The van der Waals surface area contributed by atoms with Gasteiger partial charge in [-0.25, -0.2) is 0 Å². The van der Waals surface area contributed by atoms with Crippen LogP contribution in [0.2, 0.25) is 0 Å². The molecule has 17 heavy (non-hydrogen) atoms. The fourth-order valence-electron chi connectivity index (χ4n) is 2.05. The highest BCUT2D eigenvalue weighted by molar-refractivity contribution is 5.88. The lowest BCUT2D eigenvalue weighted by Crippen LogP contribution is -2.45. The van der Waals surface area contributed by atoms with E-state index in [1.807, 2.05) is 0 Å². The van der Waals surface area contributed by atoms with Gasteiger partial charge in [-0.3, -0.25) is 4.79 Å². The van der Waals surface area contributed by atoms with Gasteiger partial charge < -0.3 is 16.0 Å². The van der Waals surface area contributed by atoms with Gasteiger partial charge in [0.2, 0.25) is 5.91 Å². The monoisotopic (exact) mass is 283 g/mol. The summed E-state index contributed by atoms with van der Waals surface area (Å²) in [5.41, 5.74) is 5.27. The van der Waals surface area contributed by atoms with Crippen LogP contribution in [0.25, 0.3) is 0 Å². The molecule has 0 aromatic carbocycles. The predicted octanol–water partition coefficient (Wildman–Crippen LogP) is 0.923. The summed E-state index contributed by atoms with van der Waals surface area (Å²) in [5, 5.41) is 2.93. The standard InChI is InChI=1S/C11H21N3O.2ClH/c12-11(4-5-11)10(15)13-6-9-14-7-2-1-3-8-14;;/h1-9,12H2,(H,13,15);2*1H. The quantitative estimate of drug-likeness (QED) is 0.807. The van der Waals surface area contributed by atoms with Gasteiger partial charge >= 0.3 is 0 Å². The van der Waals surface area contributed by atoms with Crippen LogP contribution < -0.4 is 11.1 Å². The maximum atomic E-state index is 11.5. The molecule has 1 saturated heterocycles. The Morgan fingerprint density at radius 2 is 1.76 bits per heavy atom. The Hall–Kier alpha value is -0.0300. The van der Waals surface area contributed by atoms with E-state index in [0.29, 0.717) is 0 Å². The van der Waals surface area contributed by atoms with Crippen molar-refractivity contribution in [1.29, 1.82) is 0 Å². The van der Waals surface area contributed by atoms with Gasteiger partial charge in [0, 0.05) is 13.1 Å². The molecular weight excluding hydrogens is 261 g/mol. The zero-order chi connectivity index (χ0) is 10.7. The number of hydrogen-bond donors (Lipinski definition) is 2. The van der Waals surface area contributed by atoms with Gasteiger partial charge in [-0.2, -0.15) is 0 Å². The fraction of sp³-hybridized carbons (Fsp3) is 0.909. The van der Waals surface area contributed by atoms with Gasteiger partial charge in [0.05, 0.1) is 5.54 Å². The van der Waals surface area contributed by atoms with Crippen molar-refractivity contribution >= 4 is 30.7 Å². The van der Waals surface area contributed by atoms with E-state index >= 15 is 0 Å². The van der Waals surface area contributed by atoms with E-state index in [2.05, 4.69) is 10.2 Å². The van der Waals surface area contributed by atoms with Crippen LogP contribution in [0, 0.1) is 0 Å². The van der Waals surface area contributed by atoms with Crippen LogP contribution in [0.3, 0.4) is 0 Å². The number of hydrogen-bond acceptors (Lipinski definition) is 3. The number of carbonyl (C=O) groups excluding carboxylic acids is 1. The third-order valence-corrected chi connectivity index (χ3v) is 3.40. The van der Waals surface area contributed by atoms with Gasteiger partial charge in [-0.05, 0) is 38.8 Å². The van der Waals surface area contributed by atoms with Crippen molar-refractivity contribution in [2.24, 2.45) is 5.73 Å². The Kier molecular flexibility index (Phi) is 7.40. The Balaban J connectivity index is 0.00000128. The minimum atomic E-state index is -0.512. The Bertz CT molecular complexity index is 241. The number of nitrogens with two attached hydrogens (primary N) is 1. The Morgan fingerprint density at radius 1 is 1.18 bits per heavy atom. The van der Waals surface area contributed by atoms with Gasteiger partial charge in [0.1, 0.15) is 0 Å². The first-order valence-corrected chi connectivity index (χ1v) is 6.00. The van der Waals surface area contributed by atoms with E-state index < -0.39 is 5.54 Å². The van der Waals surface area contributed by atoms with E-state index in [9.17, 15) is 4.79 Å². The van der Waals surface area contributed by atoms with E-state index in [4.69, 9.17) is 5.73 Å². The Labute approximate surface area is 115 Å². The molecule has 1 aliphatic heterocycles. The number of likely N-dealkylation sites (tertiary alicyclic amines) is 1. The molecule has 0 aromatic heterocycles. The number of nitrogens with one attached hydrogen (secondary N) is 1. The second-order valence-electron chi connectivity index (χ2n) is 4.81. The first-order valence-electron chi connectivity index (χ1n) is 6.00. The average molecular weight is 284 g/mol. The maximum absolute atomic E-state index is 11.5. The molecule has 1 heterocycles. The topological polar surface area (TPSA) is 58.4 Å². The second-order valence-corrected chi connectivity index (χ2v) is 4.81. The minimum absolute atomic E-state index is 0. The molecule has 0 spiro atoms. The molecule has 0 bridgehead atoms. The molecule has 102 valence electrons. The number of amides is 1. The summed E-state index contributed by atoms with van der Waals surface area (Å²) in [4.78, 5) is 13.9. The van der Waals surface area contributed by atoms with Gasteiger partial charge in [0.15, 0.2) is 0 Å². The first kappa shape index (κ1) is 17.0. The molecule has 6 heteroatoms. The molecule has 0 unspecified atom stereocenters. The highest BCUT2D eigenvalue weighted by Crippen LogP contribution is 2.31. The molecule has 4 nitrogen and oxygen atoms in total. The summed E-state index contributed by atoms with van der Waals surface area (Å²) < 4.78 is 0. The van der Waals surface area contributed by atoms with Gasteiger partial charge in [-0.15, -0.1) is 24.8 Å². The van der Waals surface area contributed by atoms with E-state index in [0.717, 1.165) is 25.9 Å². The summed E-state index contributed by atoms with van der Waals surface area (Å²) in [5.74, 6) is 0.0412. The molecule has 3 N–H and O–H groups in total. The van der Waals surface area contributed by atoms with E-state index in [1.54, 1.807) is 0 Å². The lowest BCUT2D eigenvalue weighted by atomic mass is 10.1. The fourth-order valence-corrected chi connectivity index (χ4v) is 2.05. The maximum Gasteiger partial charge on any atom is 0.240 e. The molecule has 1 saturated carbocycles. The third kappa shape index (κ3) is 5.00. The smallest absolute Gasteiger partial charge is 0.240 e. The van der Waals surface area contributed by atoms with Crippen molar-refractivity contribution in [3.8, 4) is 0 Å². The van der Waals surface area contributed by atoms with Gasteiger partial charge in [0.25, 0.3) is 0 Å². The van der Waals surface area contributed by atoms with Crippen LogP contribution in [0.5, 0.6) is 0 Å².